The molecule has 17 heavy (non-hydrogen) atoms. The first kappa shape index (κ1) is 10.6. The minimum absolute atomic E-state index is 0.606. The molecule has 0 amide bonds. The van der Waals surface area contributed by atoms with Crippen LogP contribution in [0.25, 0.3) is 0 Å². The van der Waals surface area contributed by atoms with Crippen LogP contribution in [0, 0.1) is 0 Å². The fraction of sp³-hybridized carbons (Fsp3) is 0.375. The van der Waals surface area contributed by atoms with Gasteiger partial charge in [0.25, 0.3) is 0 Å². The summed E-state index contributed by atoms with van der Waals surface area (Å²) in [7, 11) is 0. The molecule has 1 saturated carbocycles. The maximum atomic E-state index is 5.47. The minimum Gasteiger partial charge on any atom is -0.469 e. The smallest absolute Gasteiger partial charge is 0.107 e. The zero-order valence-corrected chi connectivity index (χ0v) is 10.4. The monoisotopic (exact) mass is 226 g/mol. The summed E-state index contributed by atoms with van der Waals surface area (Å²) < 4.78 is 5.47. The molecule has 1 aliphatic carbocycles. The van der Waals surface area contributed by atoms with Crippen molar-refractivity contribution in [3.8, 4) is 0 Å². The Morgan fingerprint density at radius 2 is 1.82 bits per heavy atom. The van der Waals surface area contributed by atoms with Crippen LogP contribution in [0.1, 0.15) is 54.9 Å². The molecule has 1 aromatic heterocycles. The summed E-state index contributed by atoms with van der Waals surface area (Å²) in [4.78, 5) is 0. The van der Waals surface area contributed by atoms with Gasteiger partial charge in [-0.25, -0.2) is 0 Å². The lowest BCUT2D eigenvalue weighted by atomic mass is 10.00. The first-order valence-electron chi connectivity index (χ1n) is 6.39. The molecule has 0 bridgehead atoms. The van der Waals surface area contributed by atoms with Crippen molar-refractivity contribution in [2.24, 2.45) is 0 Å². The van der Waals surface area contributed by atoms with Crippen molar-refractivity contribution in [2.75, 3.05) is 0 Å². The predicted octanol–water partition coefficient (Wildman–Crippen LogP) is 4.67. The van der Waals surface area contributed by atoms with Crippen molar-refractivity contribution < 1.29 is 4.42 Å². The van der Waals surface area contributed by atoms with Gasteiger partial charge in [-0.3, -0.25) is 0 Å². The molecule has 1 aromatic carbocycles. The van der Waals surface area contributed by atoms with Crippen LogP contribution in [0.2, 0.25) is 0 Å². The van der Waals surface area contributed by atoms with Gasteiger partial charge >= 0.3 is 0 Å². The van der Waals surface area contributed by atoms with Crippen LogP contribution in [0.5, 0.6) is 0 Å². The normalized spacial score (nSPS) is 23.0. The molecule has 1 heterocycles. The van der Waals surface area contributed by atoms with Crippen LogP contribution >= 0.6 is 0 Å². The van der Waals surface area contributed by atoms with E-state index in [-0.39, 0.29) is 0 Å². The molecule has 1 nitrogen and oxygen atoms in total. The minimum atomic E-state index is 0.606. The average Bonchev–Trinajstić information content (AvgIpc) is 2.95. The van der Waals surface area contributed by atoms with Crippen LogP contribution in [0.4, 0.5) is 0 Å². The van der Waals surface area contributed by atoms with Gasteiger partial charge in [-0.2, -0.15) is 0 Å². The van der Waals surface area contributed by atoms with Gasteiger partial charge in [-0.1, -0.05) is 38.1 Å². The van der Waals surface area contributed by atoms with Crippen LogP contribution in [-0.2, 0) is 0 Å². The van der Waals surface area contributed by atoms with E-state index >= 15 is 0 Å². The molecule has 0 N–H and O–H groups in total. The largest absolute Gasteiger partial charge is 0.469 e. The van der Waals surface area contributed by atoms with Crippen LogP contribution < -0.4 is 0 Å². The molecule has 1 aliphatic rings. The van der Waals surface area contributed by atoms with Gasteiger partial charge in [0.15, 0.2) is 0 Å². The lowest BCUT2D eigenvalue weighted by Crippen LogP contribution is -1.88. The summed E-state index contributed by atoms with van der Waals surface area (Å²) in [6.45, 7) is 4.47. The van der Waals surface area contributed by atoms with Gasteiger partial charge < -0.3 is 4.42 Å². The van der Waals surface area contributed by atoms with Gasteiger partial charge in [-0.15, -0.1) is 0 Å². The quantitative estimate of drug-likeness (QED) is 0.741. The molecule has 0 spiro atoms. The molecule has 88 valence electrons. The van der Waals surface area contributed by atoms with Gasteiger partial charge in [0.1, 0.15) is 5.76 Å². The SMILES string of the molecule is CC(C)c1ccc([C@H]2C[C@H]2c2ccco2)cc1. The molecule has 0 aliphatic heterocycles. The summed E-state index contributed by atoms with van der Waals surface area (Å²) in [5.74, 6) is 3.03. The first-order valence-corrected chi connectivity index (χ1v) is 6.39. The third kappa shape index (κ3) is 2.02. The highest BCUT2D eigenvalue weighted by Crippen LogP contribution is 2.54. The number of rotatable bonds is 3. The van der Waals surface area contributed by atoms with E-state index < -0.39 is 0 Å². The van der Waals surface area contributed by atoms with Gasteiger partial charge in [0.2, 0.25) is 0 Å². The molecule has 2 aromatic rings. The Bertz CT molecular complexity index is 479. The van der Waals surface area contributed by atoms with Gasteiger partial charge in [0, 0.05) is 5.92 Å². The molecular formula is C16H18O. The third-order valence-corrected chi connectivity index (χ3v) is 3.73. The lowest BCUT2D eigenvalue weighted by molar-refractivity contribution is 0.509. The van der Waals surface area contributed by atoms with Crippen molar-refractivity contribution in [3.05, 3.63) is 59.5 Å². The van der Waals surface area contributed by atoms with Crippen LogP contribution in [0.3, 0.4) is 0 Å². The van der Waals surface area contributed by atoms with E-state index in [9.17, 15) is 0 Å². The number of hydrogen-bond acceptors (Lipinski definition) is 1. The van der Waals surface area contributed by atoms with Crippen molar-refractivity contribution in [1.82, 2.24) is 0 Å². The Hall–Kier alpha value is -1.50. The maximum absolute atomic E-state index is 5.47. The van der Waals surface area contributed by atoms with Crippen LogP contribution in [0.15, 0.2) is 47.1 Å². The topological polar surface area (TPSA) is 13.1 Å². The number of hydrogen-bond donors (Lipinski definition) is 0. The summed E-state index contributed by atoms with van der Waals surface area (Å²) >= 11 is 0. The average molecular weight is 226 g/mol. The third-order valence-electron chi connectivity index (χ3n) is 3.73. The zero-order chi connectivity index (χ0) is 11.8. The second-order valence-electron chi connectivity index (χ2n) is 5.29. The Balaban J connectivity index is 1.75. The molecule has 3 rings (SSSR count). The van der Waals surface area contributed by atoms with Gasteiger partial charge in [-0.05, 0) is 41.5 Å². The van der Waals surface area contributed by atoms with Crippen molar-refractivity contribution in [3.63, 3.8) is 0 Å². The fourth-order valence-electron chi connectivity index (χ4n) is 2.51. The highest BCUT2D eigenvalue weighted by molar-refractivity contribution is 5.35. The number of furan rings is 1. The molecule has 0 saturated heterocycles. The molecule has 0 unspecified atom stereocenters. The Labute approximate surface area is 102 Å². The zero-order valence-electron chi connectivity index (χ0n) is 10.4. The van der Waals surface area contributed by atoms with E-state index in [1.807, 2.05) is 6.07 Å². The summed E-state index contributed by atoms with van der Waals surface area (Å²) in [5.41, 5.74) is 2.87. The second-order valence-corrected chi connectivity index (χ2v) is 5.29. The fourth-order valence-corrected chi connectivity index (χ4v) is 2.51. The van der Waals surface area contributed by atoms with Crippen molar-refractivity contribution in [1.29, 1.82) is 0 Å². The van der Waals surface area contributed by atoms with E-state index in [0.717, 1.165) is 5.76 Å². The lowest BCUT2D eigenvalue weighted by Gasteiger charge is -2.06. The van der Waals surface area contributed by atoms with Crippen LogP contribution in [-0.4, -0.2) is 0 Å². The Morgan fingerprint density at radius 1 is 1.06 bits per heavy atom. The first-order chi connectivity index (χ1) is 8.25. The molecule has 1 fully saturated rings. The van der Waals surface area contributed by atoms with E-state index in [2.05, 4.69) is 44.2 Å². The Kier molecular flexibility index (Phi) is 2.54. The second kappa shape index (κ2) is 4.06. The summed E-state index contributed by atoms with van der Waals surface area (Å²) in [6, 6.07) is 13.2. The van der Waals surface area contributed by atoms with E-state index in [0.29, 0.717) is 17.8 Å². The predicted molar refractivity (Wildman–Crippen MR) is 69.3 cm³/mol. The van der Waals surface area contributed by atoms with Crippen molar-refractivity contribution in [2.45, 2.75) is 38.0 Å². The standard InChI is InChI=1S/C16H18O/c1-11(2)12-5-7-13(8-6-12)14-10-15(14)16-4-3-9-17-16/h3-9,11,14-15H,10H2,1-2H3/t14-,15-/m1/s1. The maximum Gasteiger partial charge on any atom is 0.107 e. The van der Waals surface area contributed by atoms with Crippen molar-refractivity contribution >= 4 is 0 Å². The summed E-state index contributed by atoms with van der Waals surface area (Å²) in [5, 5.41) is 0. The highest BCUT2D eigenvalue weighted by Gasteiger charge is 2.41. The van der Waals surface area contributed by atoms with E-state index in [4.69, 9.17) is 4.42 Å². The molecule has 2 atom stereocenters. The number of benzene rings is 1. The molecular weight excluding hydrogens is 208 g/mol. The summed E-state index contributed by atoms with van der Waals surface area (Å²) in [6.07, 6.45) is 3.00. The van der Waals surface area contributed by atoms with E-state index in [1.54, 1.807) is 6.26 Å². The molecule has 1 heteroatoms. The Morgan fingerprint density at radius 3 is 2.41 bits per heavy atom. The van der Waals surface area contributed by atoms with Gasteiger partial charge in [0.05, 0.1) is 6.26 Å². The molecule has 0 radical (unpaired) electrons. The van der Waals surface area contributed by atoms with E-state index in [1.165, 1.54) is 17.5 Å². The highest BCUT2D eigenvalue weighted by atomic mass is 16.3.